The topological polar surface area (TPSA) is 21.3 Å². The Bertz CT molecular complexity index is 354. The van der Waals surface area contributed by atoms with E-state index in [4.69, 9.17) is 4.74 Å². The van der Waals surface area contributed by atoms with Gasteiger partial charge in [-0.3, -0.25) is 0 Å². The first-order valence-electron chi connectivity index (χ1n) is 6.75. The molecule has 0 saturated heterocycles. The minimum Gasteiger partial charge on any atom is -0.492 e. The molecule has 0 saturated carbocycles. The first kappa shape index (κ1) is 15.5. The molecule has 0 unspecified atom stereocenters. The molecule has 1 aromatic rings. The van der Waals surface area contributed by atoms with Gasteiger partial charge in [0, 0.05) is 6.04 Å². The monoisotopic (exact) mass is 313 g/mol. The van der Waals surface area contributed by atoms with Crippen LogP contribution in [0.5, 0.6) is 5.75 Å². The predicted molar refractivity (Wildman–Crippen MR) is 81.4 cm³/mol. The third-order valence-electron chi connectivity index (χ3n) is 3.02. The van der Waals surface area contributed by atoms with E-state index in [9.17, 15) is 0 Å². The van der Waals surface area contributed by atoms with E-state index >= 15 is 0 Å². The van der Waals surface area contributed by atoms with Gasteiger partial charge in [0.2, 0.25) is 0 Å². The standard InChI is InChI=1S/C15H24BrNO/c1-4-13(3)17-9-5-6-10-18-15-8-7-12(2)11-14(15)16/h7-8,11,13,17H,4-6,9-10H2,1-3H3/t13-/m1/s1. The number of unbranched alkanes of at least 4 members (excludes halogenated alkanes) is 1. The summed E-state index contributed by atoms with van der Waals surface area (Å²) in [6.07, 6.45) is 3.43. The van der Waals surface area contributed by atoms with E-state index < -0.39 is 0 Å². The number of halogens is 1. The normalized spacial score (nSPS) is 12.4. The number of ether oxygens (including phenoxy) is 1. The molecule has 0 fully saturated rings. The molecular weight excluding hydrogens is 290 g/mol. The molecule has 102 valence electrons. The quantitative estimate of drug-likeness (QED) is 0.722. The van der Waals surface area contributed by atoms with Gasteiger partial charge in [0.1, 0.15) is 5.75 Å². The molecule has 1 aromatic carbocycles. The Morgan fingerprint density at radius 1 is 1.33 bits per heavy atom. The molecule has 1 atom stereocenters. The van der Waals surface area contributed by atoms with Gasteiger partial charge in [-0.05, 0) is 73.3 Å². The summed E-state index contributed by atoms with van der Waals surface area (Å²) < 4.78 is 6.79. The number of benzene rings is 1. The van der Waals surface area contributed by atoms with Crippen LogP contribution < -0.4 is 10.1 Å². The second-order valence-corrected chi connectivity index (χ2v) is 5.61. The fraction of sp³-hybridized carbons (Fsp3) is 0.600. The zero-order chi connectivity index (χ0) is 13.4. The molecule has 0 radical (unpaired) electrons. The Labute approximate surface area is 119 Å². The fourth-order valence-electron chi connectivity index (χ4n) is 1.62. The van der Waals surface area contributed by atoms with Gasteiger partial charge in [0.25, 0.3) is 0 Å². The van der Waals surface area contributed by atoms with Crippen LogP contribution in [0.25, 0.3) is 0 Å². The largest absolute Gasteiger partial charge is 0.492 e. The second kappa shape index (κ2) is 8.54. The number of nitrogens with one attached hydrogen (secondary N) is 1. The molecule has 0 aromatic heterocycles. The fourth-order valence-corrected chi connectivity index (χ4v) is 2.23. The molecule has 2 nitrogen and oxygen atoms in total. The van der Waals surface area contributed by atoms with Crippen LogP contribution in [0.15, 0.2) is 22.7 Å². The first-order valence-corrected chi connectivity index (χ1v) is 7.55. The molecule has 0 amide bonds. The van der Waals surface area contributed by atoms with Crippen molar-refractivity contribution < 1.29 is 4.74 Å². The van der Waals surface area contributed by atoms with Crippen molar-refractivity contribution in [2.45, 2.75) is 46.1 Å². The number of hydrogen-bond donors (Lipinski definition) is 1. The van der Waals surface area contributed by atoms with Crippen molar-refractivity contribution in [3.05, 3.63) is 28.2 Å². The van der Waals surface area contributed by atoms with Gasteiger partial charge in [0.05, 0.1) is 11.1 Å². The molecule has 0 aliphatic carbocycles. The summed E-state index contributed by atoms with van der Waals surface area (Å²) in [5, 5.41) is 3.48. The SMILES string of the molecule is CC[C@@H](C)NCCCCOc1ccc(C)cc1Br. The zero-order valence-electron chi connectivity index (χ0n) is 11.6. The summed E-state index contributed by atoms with van der Waals surface area (Å²) in [6, 6.07) is 6.80. The number of hydrogen-bond acceptors (Lipinski definition) is 2. The summed E-state index contributed by atoms with van der Waals surface area (Å²) in [5.74, 6) is 0.940. The van der Waals surface area contributed by atoms with Gasteiger partial charge in [-0.2, -0.15) is 0 Å². The van der Waals surface area contributed by atoms with E-state index in [0.717, 1.165) is 36.2 Å². The highest BCUT2D eigenvalue weighted by Gasteiger charge is 2.01. The minimum absolute atomic E-state index is 0.622. The van der Waals surface area contributed by atoms with Crippen molar-refractivity contribution in [3.63, 3.8) is 0 Å². The lowest BCUT2D eigenvalue weighted by Gasteiger charge is -2.11. The third-order valence-corrected chi connectivity index (χ3v) is 3.64. The van der Waals surface area contributed by atoms with Crippen molar-refractivity contribution in [1.29, 1.82) is 0 Å². The maximum atomic E-state index is 5.75. The van der Waals surface area contributed by atoms with Crippen LogP contribution in [-0.4, -0.2) is 19.2 Å². The molecule has 3 heteroatoms. The van der Waals surface area contributed by atoms with E-state index in [1.807, 2.05) is 6.07 Å². The number of rotatable bonds is 8. The summed E-state index contributed by atoms with van der Waals surface area (Å²) in [7, 11) is 0. The molecule has 0 aliphatic heterocycles. The van der Waals surface area contributed by atoms with E-state index in [-0.39, 0.29) is 0 Å². The molecule has 0 heterocycles. The number of aryl methyl sites for hydroxylation is 1. The molecular formula is C15H24BrNO. The van der Waals surface area contributed by atoms with Crippen LogP contribution in [0.2, 0.25) is 0 Å². The summed E-state index contributed by atoms with van der Waals surface area (Å²) >= 11 is 3.52. The van der Waals surface area contributed by atoms with Crippen molar-refractivity contribution in [2.24, 2.45) is 0 Å². The lowest BCUT2D eigenvalue weighted by molar-refractivity contribution is 0.302. The van der Waals surface area contributed by atoms with Crippen molar-refractivity contribution in [2.75, 3.05) is 13.2 Å². The average Bonchev–Trinajstić information content (AvgIpc) is 2.35. The Morgan fingerprint density at radius 3 is 2.78 bits per heavy atom. The molecule has 0 aliphatic rings. The summed E-state index contributed by atoms with van der Waals surface area (Å²) in [4.78, 5) is 0. The smallest absolute Gasteiger partial charge is 0.133 e. The van der Waals surface area contributed by atoms with E-state index in [2.05, 4.69) is 54.2 Å². The van der Waals surface area contributed by atoms with Crippen molar-refractivity contribution in [3.8, 4) is 5.75 Å². The summed E-state index contributed by atoms with van der Waals surface area (Å²) in [6.45, 7) is 8.36. The van der Waals surface area contributed by atoms with Crippen LogP contribution in [0, 0.1) is 6.92 Å². The van der Waals surface area contributed by atoms with Gasteiger partial charge >= 0.3 is 0 Å². The van der Waals surface area contributed by atoms with Crippen LogP contribution in [0.4, 0.5) is 0 Å². The van der Waals surface area contributed by atoms with Crippen molar-refractivity contribution >= 4 is 15.9 Å². The Balaban J connectivity index is 2.14. The second-order valence-electron chi connectivity index (χ2n) is 4.75. The van der Waals surface area contributed by atoms with Crippen LogP contribution in [0.1, 0.15) is 38.7 Å². The van der Waals surface area contributed by atoms with Gasteiger partial charge in [0.15, 0.2) is 0 Å². The van der Waals surface area contributed by atoms with E-state index in [1.165, 1.54) is 12.0 Å². The molecule has 18 heavy (non-hydrogen) atoms. The van der Waals surface area contributed by atoms with Gasteiger partial charge in [-0.1, -0.05) is 13.0 Å². The Hall–Kier alpha value is -0.540. The van der Waals surface area contributed by atoms with Crippen molar-refractivity contribution in [1.82, 2.24) is 5.32 Å². The minimum atomic E-state index is 0.622. The summed E-state index contributed by atoms with van der Waals surface area (Å²) in [5.41, 5.74) is 1.24. The maximum Gasteiger partial charge on any atom is 0.133 e. The third kappa shape index (κ3) is 5.87. The highest BCUT2D eigenvalue weighted by molar-refractivity contribution is 9.10. The lowest BCUT2D eigenvalue weighted by atomic mass is 10.2. The average molecular weight is 314 g/mol. The first-order chi connectivity index (χ1) is 8.63. The lowest BCUT2D eigenvalue weighted by Crippen LogP contribution is -2.26. The van der Waals surface area contributed by atoms with Gasteiger partial charge in [-0.15, -0.1) is 0 Å². The predicted octanol–water partition coefficient (Wildman–Crippen LogP) is 4.30. The van der Waals surface area contributed by atoms with E-state index in [1.54, 1.807) is 0 Å². The molecule has 1 N–H and O–H groups in total. The van der Waals surface area contributed by atoms with Crippen LogP contribution in [-0.2, 0) is 0 Å². The Morgan fingerprint density at radius 2 is 2.11 bits per heavy atom. The Kier molecular flexibility index (Phi) is 7.36. The zero-order valence-corrected chi connectivity index (χ0v) is 13.2. The van der Waals surface area contributed by atoms with E-state index in [0.29, 0.717) is 6.04 Å². The maximum absolute atomic E-state index is 5.75. The molecule has 1 rings (SSSR count). The van der Waals surface area contributed by atoms with Crippen LogP contribution in [0.3, 0.4) is 0 Å². The molecule has 0 bridgehead atoms. The van der Waals surface area contributed by atoms with Gasteiger partial charge in [-0.25, -0.2) is 0 Å². The molecule has 0 spiro atoms. The van der Waals surface area contributed by atoms with Gasteiger partial charge < -0.3 is 10.1 Å². The highest BCUT2D eigenvalue weighted by atomic mass is 79.9. The highest BCUT2D eigenvalue weighted by Crippen LogP contribution is 2.25. The van der Waals surface area contributed by atoms with Crippen LogP contribution >= 0.6 is 15.9 Å².